The number of carbonyl (C=O) groups excluding carboxylic acids is 1. The third-order valence-electron chi connectivity index (χ3n) is 5.68. The van der Waals surface area contributed by atoms with E-state index in [1.165, 1.54) is 50.5 Å². The molecule has 1 atom stereocenters. The summed E-state index contributed by atoms with van der Waals surface area (Å²) in [5, 5.41) is 0. The van der Waals surface area contributed by atoms with Crippen LogP contribution in [0.15, 0.2) is 36.7 Å². The second-order valence-corrected chi connectivity index (χ2v) is 8.34. The first-order chi connectivity index (χ1) is 14.6. The number of hydrogen-bond donors (Lipinski definition) is 0. The van der Waals surface area contributed by atoms with Gasteiger partial charge < -0.3 is 4.74 Å². The van der Waals surface area contributed by atoms with Gasteiger partial charge in [0.2, 0.25) is 0 Å². The largest absolute Gasteiger partial charge is 0.423 e. The van der Waals surface area contributed by atoms with Crippen LogP contribution >= 0.6 is 0 Å². The Kier molecular flexibility index (Phi) is 11.1. The molecule has 0 aliphatic heterocycles. The number of esters is 1. The molecular weight excluding hydrogens is 372 g/mol. The summed E-state index contributed by atoms with van der Waals surface area (Å²) in [6.45, 7) is 6.53. The van der Waals surface area contributed by atoms with Crippen LogP contribution in [-0.2, 0) is 11.2 Å². The highest BCUT2D eigenvalue weighted by molar-refractivity contribution is 5.72. The SMILES string of the molecule is CCCCCCCCCc1ccc(-c2ncc(OC(=O)CCC(C)CC)cn2)cc1. The summed E-state index contributed by atoms with van der Waals surface area (Å²) in [7, 11) is 0. The van der Waals surface area contributed by atoms with E-state index < -0.39 is 0 Å². The zero-order valence-electron chi connectivity index (χ0n) is 19.0. The Balaban J connectivity index is 1.76. The molecule has 0 fully saturated rings. The average molecular weight is 411 g/mol. The van der Waals surface area contributed by atoms with E-state index in [0.29, 0.717) is 23.9 Å². The van der Waals surface area contributed by atoms with E-state index in [2.05, 4.69) is 55.0 Å². The maximum Gasteiger partial charge on any atom is 0.311 e. The predicted octanol–water partition coefficient (Wildman–Crippen LogP) is 7.17. The third-order valence-corrected chi connectivity index (χ3v) is 5.68. The Morgan fingerprint density at radius 2 is 1.57 bits per heavy atom. The van der Waals surface area contributed by atoms with Crippen LogP contribution in [0.25, 0.3) is 11.4 Å². The number of aromatic nitrogens is 2. The van der Waals surface area contributed by atoms with Gasteiger partial charge in [-0.25, -0.2) is 9.97 Å². The second-order valence-electron chi connectivity index (χ2n) is 8.34. The zero-order valence-corrected chi connectivity index (χ0v) is 19.0. The molecule has 4 heteroatoms. The molecule has 164 valence electrons. The highest BCUT2D eigenvalue weighted by Gasteiger charge is 2.09. The van der Waals surface area contributed by atoms with Gasteiger partial charge in [-0.3, -0.25) is 4.79 Å². The maximum atomic E-state index is 11.9. The first-order valence-electron chi connectivity index (χ1n) is 11.7. The number of unbranched alkanes of at least 4 members (excludes halogenated alkanes) is 6. The van der Waals surface area contributed by atoms with Crippen LogP contribution in [0.1, 0.15) is 90.5 Å². The standard InChI is InChI=1S/C26H38N2O2/c1-4-6-7-8-9-10-11-12-22-14-16-23(17-15-22)26-27-19-24(20-28-26)30-25(29)18-13-21(3)5-2/h14-17,19-21H,4-13,18H2,1-3H3. The van der Waals surface area contributed by atoms with E-state index >= 15 is 0 Å². The molecule has 0 saturated heterocycles. The molecule has 0 saturated carbocycles. The van der Waals surface area contributed by atoms with E-state index in [9.17, 15) is 4.79 Å². The molecule has 4 nitrogen and oxygen atoms in total. The first-order valence-corrected chi connectivity index (χ1v) is 11.7. The number of ether oxygens (including phenoxy) is 1. The van der Waals surface area contributed by atoms with Crippen LogP contribution in [0.5, 0.6) is 5.75 Å². The molecule has 1 aromatic heterocycles. The van der Waals surface area contributed by atoms with Crippen LogP contribution in [-0.4, -0.2) is 15.9 Å². The predicted molar refractivity (Wildman–Crippen MR) is 123 cm³/mol. The van der Waals surface area contributed by atoms with Crippen molar-refractivity contribution >= 4 is 5.97 Å². The summed E-state index contributed by atoms with van der Waals surface area (Å²) >= 11 is 0. The van der Waals surface area contributed by atoms with Crippen molar-refractivity contribution in [3.63, 3.8) is 0 Å². The minimum Gasteiger partial charge on any atom is -0.423 e. The lowest BCUT2D eigenvalue weighted by atomic mass is 10.0. The molecule has 30 heavy (non-hydrogen) atoms. The van der Waals surface area contributed by atoms with Gasteiger partial charge in [-0.1, -0.05) is 90.0 Å². The Labute approximate surface area is 182 Å². The van der Waals surface area contributed by atoms with Crippen molar-refractivity contribution < 1.29 is 9.53 Å². The number of rotatable bonds is 14. The number of hydrogen-bond acceptors (Lipinski definition) is 4. The lowest BCUT2D eigenvalue weighted by molar-refractivity contribution is -0.134. The minimum atomic E-state index is -0.221. The van der Waals surface area contributed by atoms with Crippen molar-refractivity contribution in [3.05, 3.63) is 42.2 Å². The topological polar surface area (TPSA) is 52.1 Å². The number of carbonyl (C=O) groups is 1. The van der Waals surface area contributed by atoms with E-state index in [-0.39, 0.29) is 5.97 Å². The molecule has 0 aliphatic rings. The second kappa shape index (κ2) is 13.9. The molecule has 1 aromatic carbocycles. The van der Waals surface area contributed by atoms with Crippen LogP contribution < -0.4 is 4.74 Å². The van der Waals surface area contributed by atoms with Gasteiger partial charge in [-0.2, -0.15) is 0 Å². The van der Waals surface area contributed by atoms with Crippen molar-refractivity contribution in [2.75, 3.05) is 0 Å². The quantitative estimate of drug-likeness (QED) is 0.245. The molecule has 0 bridgehead atoms. The minimum absolute atomic E-state index is 0.221. The maximum absolute atomic E-state index is 11.9. The fourth-order valence-electron chi connectivity index (χ4n) is 3.38. The fourth-order valence-corrected chi connectivity index (χ4v) is 3.38. The molecule has 2 rings (SSSR count). The van der Waals surface area contributed by atoms with Gasteiger partial charge in [0.1, 0.15) is 0 Å². The molecule has 1 unspecified atom stereocenters. The summed E-state index contributed by atoms with van der Waals surface area (Å²) in [5.41, 5.74) is 2.34. The van der Waals surface area contributed by atoms with Crippen molar-refractivity contribution in [2.24, 2.45) is 5.92 Å². The van der Waals surface area contributed by atoms with Crippen molar-refractivity contribution in [3.8, 4) is 17.1 Å². The van der Waals surface area contributed by atoms with E-state index in [1.54, 1.807) is 12.4 Å². The highest BCUT2D eigenvalue weighted by Crippen LogP contribution is 2.19. The number of nitrogens with zero attached hydrogens (tertiary/aromatic N) is 2. The van der Waals surface area contributed by atoms with Crippen LogP contribution in [0.3, 0.4) is 0 Å². The van der Waals surface area contributed by atoms with E-state index in [1.807, 2.05) is 0 Å². The number of benzene rings is 1. The Morgan fingerprint density at radius 3 is 2.20 bits per heavy atom. The monoisotopic (exact) mass is 410 g/mol. The summed E-state index contributed by atoms with van der Waals surface area (Å²) in [4.78, 5) is 20.7. The van der Waals surface area contributed by atoms with Crippen LogP contribution in [0.4, 0.5) is 0 Å². The number of aryl methyl sites for hydroxylation is 1. The summed E-state index contributed by atoms with van der Waals surface area (Å²) < 4.78 is 5.34. The zero-order chi connectivity index (χ0) is 21.6. The lowest BCUT2D eigenvalue weighted by Gasteiger charge is -2.08. The molecule has 0 amide bonds. The summed E-state index contributed by atoms with van der Waals surface area (Å²) in [5.74, 6) is 1.37. The van der Waals surface area contributed by atoms with Gasteiger partial charge >= 0.3 is 5.97 Å². The van der Waals surface area contributed by atoms with Crippen molar-refractivity contribution in [1.29, 1.82) is 0 Å². The summed E-state index contributed by atoms with van der Waals surface area (Å²) in [6.07, 6.45) is 16.0. The molecule has 0 spiro atoms. The third kappa shape index (κ3) is 9.06. The van der Waals surface area contributed by atoms with E-state index in [0.717, 1.165) is 24.8 Å². The summed E-state index contributed by atoms with van der Waals surface area (Å²) in [6, 6.07) is 8.48. The van der Waals surface area contributed by atoms with E-state index in [4.69, 9.17) is 4.74 Å². The molecule has 2 aromatic rings. The van der Waals surface area contributed by atoms with Gasteiger partial charge in [-0.15, -0.1) is 0 Å². The molecule has 0 N–H and O–H groups in total. The van der Waals surface area contributed by atoms with Gasteiger partial charge in [0, 0.05) is 12.0 Å². The van der Waals surface area contributed by atoms with Crippen LogP contribution in [0.2, 0.25) is 0 Å². The molecule has 0 radical (unpaired) electrons. The first kappa shape index (κ1) is 24.0. The Morgan fingerprint density at radius 1 is 0.933 bits per heavy atom. The van der Waals surface area contributed by atoms with Crippen molar-refractivity contribution in [2.45, 2.75) is 91.4 Å². The van der Waals surface area contributed by atoms with Gasteiger partial charge in [0.25, 0.3) is 0 Å². The van der Waals surface area contributed by atoms with Crippen LogP contribution in [0, 0.1) is 5.92 Å². The smallest absolute Gasteiger partial charge is 0.311 e. The lowest BCUT2D eigenvalue weighted by Crippen LogP contribution is -2.10. The van der Waals surface area contributed by atoms with Gasteiger partial charge in [-0.05, 0) is 30.7 Å². The van der Waals surface area contributed by atoms with Gasteiger partial charge in [0.05, 0.1) is 12.4 Å². The Hall–Kier alpha value is -2.23. The van der Waals surface area contributed by atoms with Crippen molar-refractivity contribution in [1.82, 2.24) is 9.97 Å². The molecule has 1 heterocycles. The van der Waals surface area contributed by atoms with Gasteiger partial charge in [0.15, 0.2) is 11.6 Å². The Bertz CT molecular complexity index is 726. The fraction of sp³-hybridized carbons (Fsp3) is 0.577. The normalized spacial score (nSPS) is 12.0. The average Bonchev–Trinajstić information content (AvgIpc) is 2.78. The highest BCUT2D eigenvalue weighted by atomic mass is 16.5. The molecule has 0 aliphatic carbocycles. The molecular formula is C26H38N2O2.